The molecule has 2 aromatic rings. The number of Topliss-reactive ketones (excluding diaryl/α,β-unsaturated/α-hetero) is 1. The lowest BCUT2D eigenvalue weighted by molar-refractivity contribution is -0.138. The van der Waals surface area contributed by atoms with Gasteiger partial charge in [-0.05, 0) is 13.0 Å². The van der Waals surface area contributed by atoms with Crippen LogP contribution in [0.4, 0.5) is 37.8 Å². The fourth-order valence-corrected chi connectivity index (χ4v) is 4.58. The third kappa shape index (κ3) is 6.32. The maximum atomic E-state index is 13.2. The summed E-state index contributed by atoms with van der Waals surface area (Å²) >= 11 is 0. The highest BCUT2D eigenvalue weighted by molar-refractivity contribution is 6.03. The minimum absolute atomic E-state index is 0.0287. The molecule has 2 N–H and O–H groups in total. The van der Waals surface area contributed by atoms with Crippen molar-refractivity contribution in [3.63, 3.8) is 0 Å². The summed E-state index contributed by atoms with van der Waals surface area (Å²) in [6, 6.07) is -0.267. The van der Waals surface area contributed by atoms with Crippen molar-refractivity contribution in [3.05, 3.63) is 45.5 Å². The van der Waals surface area contributed by atoms with Crippen LogP contribution < -0.4 is 15.8 Å². The summed E-state index contributed by atoms with van der Waals surface area (Å²) in [7, 11) is 0. The van der Waals surface area contributed by atoms with Crippen LogP contribution in [-0.4, -0.2) is 76.7 Å². The van der Waals surface area contributed by atoms with Crippen molar-refractivity contribution in [1.29, 1.82) is 0 Å². The minimum atomic E-state index is -4.89. The topological polar surface area (TPSA) is 121 Å². The number of nitrogens with one attached hydrogen (secondary N) is 2. The Kier molecular flexibility index (Phi) is 7.86. The first-order chi connectivity index (χ1) is 18.3. The van der Waals surface area contributed by atoms with Crippen LogP contribution in [0.25, 0.3) is 0 Å². The second-order valence-corrected chi connectivity index (χ2v) is 9.26. The van der Waals surface area contributed by atoms with E-state index in [9.17, 15) is 40.7 Å². The number of carbonyl (C=O) groups excluding carboxylic acids is 2. The number of aromatic amines is 1. The van der Waals surface area contributed by atoms with Crippen molar-refractivity contribution in [3.8, 4) is 0 Å². The van der Waals surface area contributed by atoms with Gasteiger partial charge in [-0.15, -0.1) is 0 Å². The minimum Gasteiger partial charge on any atom is -0.379 e. The molecule has 4 rings (SSSR count). The summed E-state index contributed by atoms with van der Waals surface area (Å²) in [6.07, 6.45) is -8.06. The van der Waals surface area contributed by atoms with Crippen LogP contribution in [0.3, 0.4) is 0 Å². The summed E-state index contributed by atoms with van der Waals surface area (Å²) < 4.78 is 84.0. The van der Waals surface area contributed by atoms with Crippen LogP contribution in [0.2, 0.25) is 0 Å². The monoisotopic (exact) mass is 562 g/mol. The van der Waals surface area contributed by atoms with Gasteiger partial charge in [0.1, 0.15) is 11.4 Å². The van der Waals surface area contributed by atoms with Gasteiger partial charge in [0.15, 0.2) is 5.78 Å². The fourth-order valence-electron chi connectivity index (χ4n) is 4.58. The molecule has 4 heterocycles. The number of aromatic nitrogens is 3. The van der Waals surface area contributed by atoms with Crippen molar-refractivity contribution >= 4 is 23.2 Å². The molecular formula is C23H24F6N6O4. The Bertz CT molecular complexity index is 1300. The number of H-pyrrole nitrogens is 1. The van der Waals surface area contributed by atoms with E-state index in [2.05, 4.69) is 15.4 Å². The van der Waals surface area contributed by atoms with E-state index in [1.54, 1.807) is 10.00 Å². The first kappa shape index (κ1) is 28.3. The molecule has 0 aromatic carbocycles. The summed E-state index contributed by atoms with van der Waals surface area (Å²) in [5, 5.41) is 7.66. The van der Waals surface area contributed by atoms with Crippen molar-refractivity contribution < 1.29 is 40.7 Å². The van der Waals surface area contributed by atoms with Crippen molar-refractivity contribution in [2.24, 2.45) is 0 Å². The smallest absolute Gasteiger partial charge is 0.379 e. The Hall–Kier alpha value is -3.69. The molecule has 39 heavy (non-hydrogen) atoms. The van der Waals surface area contributed by atoms with Gasteiger partial charge in [0.05, 0.1) is 48.7 Å². The highest BCUT2D eigenvalue weighted by atomic mass is 19.4. The molecule has 2 aromatic heterocycles. The quantitative estimate of drug-likeness (QED) is 0.391. The number of fused-ring (bicyclic) bond motifs is 3. The number of anilines is 2. The lowest BCUT2D eigenvalue weighted by Gasteiger charge is -2.44. The normalized spacial score (nSPS) is 18.4. The van der Waals surface area contributed by atoms with E-state index < -0.39 is 52.6 Å². The van der Waals surface area contributed by atoms with Crippen molar-refractivity contribution in [2.75, 3.05) is 43.1 Å². The molecule has 0 bridgehead atoms. The van der Waals surface area contributed by atoms with Gasteiger partial charge in [-0.25, -0.2) is 10.1 Å². The molecule has 1 saturated heterocycles. The van der Waals surface area contributed by atoms with E-state index >= 15 is 0 Å². The Balaban J connectivity index is 1.27. The number of halogens is 6. The highest BCUT2D eigenvalue weighted by Crippen LogP contribution is 2.36. The number of ketones is 1. The third-order valence-electron chi connectivity index (χ3n) is 6.39. The Morgan fingerprint density at radius 3 is 2.62 bits per heavy atom. The van der Waals surface area contributed by atoms with Crippen LogP contribution >= 0.6 is 0 Å². The number of rotatable bonds is 7. The molecular weight excluding hydrogens is 538 g/mol. The summed E-state index contributed by atoms with van der Waals surface area (Å²) in [5.74, 6) is -0.578. The zero-order chi connectivity index (χ0) is 28.5. The van der Waals surface area contributed by atoms with E-state index in [0.717, 1.165) is 12.3 Å². The van der Waals surface area contributed by atoms with Crippen molar-refractivity contribution in [1.82, 2.24) is 20.1 Å². The molecule has 2 aliphatic rings. The van der Waals surface area contributed by atoms with Crippen molar-refractivity contribution in [2.45, 2.75) is 44.2 Å². The van der Waals surface area contributed by atoms with Gasteiger partial charge in [-0.1, -0.05) is 0 Å². The molecule has 0 spiro atoms. The molecule has 10 nitrogen and oxygen atoms in total. The first-order valence-corrected chi connectivity index (χ1v) is 11.9. The zero-order valence-corrected chi connectivity index (χ0v) is 20.5. The average Bonchev–Trinajstić information content (AvgIpc) is 2.84. The van der Waals surface area contributed by atoms with Crippen LogP contribution in [0.1, 0.15) is 41.3 Å². The summed E-state index contributed by atoms with van der Waals surface area (Å²) in [4.78, 5) is 44.0. The summed E-state index contributed by atoms with van der Waals surface area (Å²) in [6.45, 7) is 2.16. The van der Waals surface area contributed by atoms with Gasteiger partial charge in [-0.2, -0.15) is 31.4 Å². The van der Waals surface area contributed by atoms with Crippen LogP contribution in [0, 0.1) is 0 Å². The number of ether oxygens (including phenoxy) is 1. The summed E-state index contributed by atoms with van der Waals surface area (Å²) in [5.41, 5.74) is -4.37. The van der Waals surface area contributed by atoms with E-state index in [-0.39, 0.29) is 63.0 Å². The van der Waals surface area contributed by atoms with Gasteiger partial charge in [0, 0.05) is 38.3 Å². The van der Waals surface area contributed by atoms with Crippen LogP contribution in [-0.2, 0) is 21.9 Å². The number of piperazine rings is 1. The number of hydrogen-bond donors (Lipinski definition) is 2. The maximum Gasteiger partial charge on any atom is 0.423 e. The molecule has 1 amide bonds. The standard InChI is InChI=1S/C23H24F6N6O4/c1-12(32-16-9-31-33-21(38)19(16)23(27,28)29)11-39-5-2-18(37)34-3-4-35-14(10-34)7-17(36)15-6-13(22(24,25)26)8-30-20(15)35/h6,8-9,12,14H,2-5,7,10-11H2,1H3,(H2,32,33,38). The fraction of sp³-hybridized carbons (Fsp3) is 0.522. The predicted molar refractivity (Wildman–Crippen MR) is 124 cm³/mol. The van der Waals surface area contributed by atoms with Gasteiger partial charge in [0.2, 0.25) is 5.91 Å². The molecule has 2 unspecified atom stereocenters. The maximum absolute atomic E-state index is 13.2. The van der Waals surface area contributed by atoms with Crippen LogP contribution in [0.5, 0.6) is 0 Å². The third-order valence-corrected chi connectivity index (χ3v) is 6.39. The van der Waals surface area contributed by atoms with E-state index in [0.29, 0.717) is 6.20 Å². The number of pyridine rings is 1. The highest BCUT2D eigenvalue weighted by Gasteiger charge is 2.40. The molecule has 16 heteroatoms. The number of hydrogen-bond acceptors (Lipinski definition) is 8. The Labute approximate surface area is 217 Å². The van der Waals surface area contributed by atoms with E-state index in [4.69, 9.17) is 4.74 Å². The molecule has 0 radical (unpaired) electrons. The van der Waals surface area contributed by atoms with Gasteiger partial charge in [0.25, 0.3) is 5.56 Å². The number of carbonyl (C=O) groups is 2. The zero-order valence-electron chi connectivity index (χ0n) is 20.5. The largest absolute Gasteiger partial charge is 0.423 e. The molecule has 0 saturated carbocycles. The number of nitrogens with zero attached hydrogens (tertiary/aromatic N) is 4. The van der Waals surface area contributed by atoms with Gasteiger partial charge < -0.3 is 19.9 Å². The van der Waals surface area contributed by atoms with E-state index in [1.165, 1.54) is 11.8 Å². The van der Waals surface area contributed by atoms with Crippen LogP contribution in [0.15, 0.2) is 23.3 Å². The SMILES string of the molecule is CC(COCCC(=O)N1CCN2c3ncc(C(F)(F)F)cc3C(=O)CC2C1)Nc1cn[nH]c(=O)c1C(F)(F)F. The second-order valence-electron chi connectivity index (χ2n) is 9.26. The predicted octanol–water partition coefficient (Wildman–Crippen LogP) is 2.71. The molecule has 0 aliphatic carbocycles. The molecule has 212 valence electrons. The lowest BCUT2D eigenvalue weighted by atomic mass is 9.94. The Morgan fingerprint density at radius 1 is 1.18 bits per heavy atom. The van der Waals surface area contributed by atoms with Gasteiger partial charge >= 0.3 is 12.4 Å². The lowest BCUT2D eigenvalue weighted by Crippen LogP contribution is -2.57. The number of amides is 1. The second kappa shape index (κ2) is 10.8. The van der Waals surface area contributed by atoms with Gasteiger partial charge in [-0.3, -0.25) is 14.4 Å². The molecule has 1 fully saturated rings. The van der Waals surface area contributed by atoms with E-state index in [1.807, 2.05) is 0 Å². The molecule has 2 aliphatic heterocycles. The first-order valence-electron chi connectivity index (χ1n) is 11.9. The Morgan fingerprint density at radius 2 is 1.92 bits per heavy atom. The average molecular weight is 562 g/mol. The molecule has 2 atom stereocenters. The number of alkyl halides is 6.